The number of aromatic hydroxyl groups is 2. The number of benzene rings is 4. The van der Waals surface area contributed by atoms with Crippen LogP contribution in [-0.2, 0) is 12.8 Å². The van der Waals surface area contributed by atoms with E-state index < -0.39 is 0 Å². The van der Waals surface area contributed by atoms with Crippen molar-refractivity contribution in [3.8, 4) is 34.3 Å². The minimum Gasteiger partial charge on any atom is -0.508 e. The zero-order valence-electron chi connectivity index (χ0n) is 34.4. The molecule has 8 aromatic rings. The lowest BCUT2D eigenvalue weighted by molar-refractivity contribution is 0.375. The molecule has 0 spiro atoms. The normalized spacial score (nSPS) is 10.8. The van der Waals surface area contributed by atoms with Gasteiger partial charge in [-0.15, -0.1) is 0 Å². The van der Waals surface area contributed by atoms with Gasteiger partial charge in [-0.2, -0.15) is 20.2 Å². The smallest absolute Gasteiger partial charge is 0.272 e. The van der Waals surface area contributed by atoms with Crippen molar-refractivity contribution in [2.45, 2.75) is 38.5 Å². The first-order valence-corrected chi connectivity index (χ1v) is 21.6. The largest absolute Gasteiger partial charge is 0.508 e. The maximum absolute atomic E-state index is 11.8. The molecule has 0 atom stereocenters. The van der Waals surface area contributed by atoms with Crippen LogP contribution in [0.3, 0.4) is 0 Å². The molecule has 0 aliphatic rings. The van der Waals surface area contributed by atoms with Crippen molar-refractivity contribution in [2.24, 2.45) is 5.73 Å². The Hall–Kier alpha value is -6.96. The van der Waals surface area contributed by atoms with E-state index in [1.165, 1.54) is 0 Å². The minimum absolute atomic E-state index is 0.167. The molecule has 0 aliphatic heterocycles. The minimum atomic E-state index is -0.181. The third-order valence-corrected chi connectivity index (χ3v) is 9.90. The molecule has 8 rings (SSSR count). The van der Waals surface area contributed by atoms with Gasteiger partial charge in [-0.25, -0.2) is 10.2 Å². The quantitative estimate of drug-likeness (QED) is 0.0354. The molecule has 0 fully saturated rings. The Bertz CT molecular complexity index is 2740. The van der Waals surface area contributed by atoms with Gasteiger partial charge in [0.05, 0.1) is 10.8 Å². The monoisotopic (exact) mass is 920 g/mol. The number of rotatable bonds is 18. The van der Waals surface area contributed by atoms with Gasteiger partial charge in [0, 0.05) is 53.2 Å². The molecule has 0 bridgehead atoms. The Morgan fingerprint density at radius 2 is 1.02 bits per heavy atom. The highest BCUT2D eigenvalue weighted by molar-refractivity contribution is 9.09. The molecule has 19 heteroatoms. The van der Waals surface area contributed by atoms with Crippen molar-refractivity contribution in [3.63, 3.8) is 0 Å². The number of aromatic nitrogens is 8. The number of aromatic amines is 2. The molecule has 4 aromatic heterocycles. The number of aryl methyl sites for hydroxylation is 2. The molecule has 4 heterocycles. The van der Waals surface area contributed by atoms with Gasteiger partial charge in [0.1, 0.15) is 11.5 Å². The SMILES string of the molecule is NCCCNc1n[nH]c(=O)c2ccccc12.O=c1[nH]nc(NCCCNCCCc2nc(-c3ccc(O)cc3)no2)c2ccccc12.Oc1ccc(-c2noc(CCCBr)n2)cc1. The highest BCUT2D eigenvalue weighted by Crippen LogP contribution is 2.21. The van der Waals surface area contributed by atoms with E-state index in [0.29, 0.717) is 58.8 Å². The van der Waals surface area contributed by atoms with Gasteiger partial charge in [-0.3, -0.25) is 9.59 Å². The van der Waals surface area contributed by atoms with E-state index in [0.717, 1.165) is 85.5 Å². The number of alkyl halides is 1. The molecule has 0 amide bonds. The summed E-state index contributed by atoms with van der Waals surface area (Å²) in [4.78, 5) is 32.0. The zero-order chi connectivity index (χ0) is 44.2. The number of H-pyrrole nitrogens is 2. The molecule has 63 heavy (non-hydrogen) atoms. The van der Waals surface area contributed by atoms with Crippen LogP contribution in [0.4, 0.5) is 11.6 Å². The predicted molar refractivity (Wildman–Crippen MR) is 246 cm³/mol. The first-order chi connectivity index (χ1) is 30.8. The van der Waals surface area contributed by atoms with Crippen LogP contribution in [0, 0.1) is 0 Å². The predicted octanol–water partition coefficient (Wildman–Crippen LogP) is 6.16. The second-order valence-electron chi connectivity index (χ2n) is 14.0. The number of fused-ring (bicyclic) bond motifs is 2. The van der Waals surface area contributed by atoms with Crippen LogP contribution in [0.15, 0.2) is 116 Å². The Labute approximate surface area is 369 Å². The van der Waals surface area contributed by atoms with Gasteiger partial charge in [0.15, 0.2) is 11.6 Å². The summed E-state index contributed by atoms with van der Waals surface area (Å²) in [7, 11) is 0. The Morgan fingerprint density at radius 1 is 0.571 bits per heavy atom. The van der Waals surface area contributed by atoms with Crippen molar-refractivity contribution in [1.82, 2.24) is 46.0 Å². The van der Waals surface area contributed by atoms with Gasteiger partial charge in [0.25, 0.3) is 11.1 Å². The van der Waals surface area contributed by atoms with Crippen LogP contribution in [0.1, 0.15) is 37.5 Å². The number of nitrogens with one attached hydrogen (secondary N) is 5. The number of hydrogen-bond acceptors (Lipinski definition) is 16. The molecule has 0 saturated carbocycles. The Balaban J connectivity index is 0.000000173. The number of phenolic OH excluding ortho intramolecular Hbond substituents is 2. The fraction of sp³-hybridized carbons (Fsp3) is 0.273. The average molecular weight is 922 g/mol. The molecule has 0 radical (unpaired) electrons. The van der Waals surface area contributed by atoms with E-state index in [1.807, 2.05) is 36.4 Å². The lowest BCUT2D eigenvalue weighted by atomic mass is 10.2. The lowest BCUT2D eigenvalue weighted by Gasteiger charge is -2.08. The number of nitrogens with zero attached hydrogens (tertiary/aromatic N) is 6. The van der Waals surface area contributed by atoms with Crippen LogP contribution < -0.4 is 32.8 Å². The van der Waals surface area contributed by atoms with Gasteiger partial charge >= 0.3 is 0 Å². The highest BCUT2D eigenvalue weighted by atomic mass is 79.9. The molecule has 0 aliphatic carbocycles. The summed E-state index contributed by atoms with van der Waals surface area (Å²) in [5.41, 5.74) is 6.71. The standard InChI is InChI=1S/C22H24N6O3.C11H11BrN2O2.C11H14N4O/c29-16-10-8-15(9-11-16)20-25-19(31-28-20)7-3-12-23-13-4-14-24-21-17-5-1-2-6-18(17)22(30)27-26-21;12-7-1-2-10-13-11(14-16-10)8-3-5-9(15)6-4-8;12-6-3-7-13-10-8-4-1-2-5-9(8)11(16)15-14-10/h1-2,5-6,8-11,23,29H,3-4,7,12-14H2,(H,24,26)(H,27,30);3-6,15H,1-2,7H2;1-2,4-5H,3,6-7,12H2,(H,13,14)(H,15,16). The summed E-state index contributed by atoms with van der Waals surface area (Å²) >= 11 is 3.35. The van der Waals surface area contributed by atoms with Crippen LogP contribution in [0.5, 0.6) is 11.5 Å². The number of nitrogens with two attached hydrogens (primary N) is 1. The maximum Gasteiger partial charge on any atom is 0.272 e. The number of halogens is 1. The molecule has 0 saturated heterocycles. The van der Waals surface area contributed by atoms with E-state index in [4.69, 9.17) is 19.9 Å². The summed E-state index contributed by atoms with van der Waals surface area (Å²) in [5, 5.41) is 53.2. The third-order valence-electron chi connectivity index (χ3n) is 9.34. The first-order valence-electron chi connectivity index (χ1n) is 20.5. The summed E-state index contributed by atoms with van der Waals surface area (Å²) in [5.74, 6) is 4.15. The van der Waals surface area contributed by atoms with Crippen LogP contribution in [-0.4, -0.2) is 88.9 Å². The van der Waals surface area contributed by atoms with Crippen molar-refractivity contribution in [1.29, 1.82) is 0 Å². The van der Waals surface area contributed by atoms with Crippen molar-refractivity contribution < 1.29 is 19.3 Å². The van der Waals surface area contributed by atoms with Crippen LogP contribution in [0.25, 0.3) is 44.3 Å². The summed E-state index contributed by atoms with van der Waals surface area (Å²) in [6, 6.07) is 28.2. The topological polar surface area (TPSA) is 272 Å². The second kappa shape index (κ2) is 23.9. The molecule has 9 N–H and O–H groups in total. The fourth-order valence-corrected chi connectivity index (χ4v) is 6.38. The van der Waals surface area contributed by atoms with E-state index >= 15 is 0 Å². The molecule has 0 unspecified atom stereocenters. The Morgan fingerprint density at radius 3 is 1.49 bits per heavy atom. The van der Waals surface area contributed by atoms with Crippen molar-refractivity contribution >= 4 is 49.1 Å². The maximum atomic E-state index is 11.8. The van der Waals surface area contributed by atoms with Crippen molar-refractivity contribution in [2.75, 3.05) is 48.7 Å². The fourth-order valence-electron chi connectivity index (χ4n) is 6.10. The lowest BCUT2D eigenvalue weighted by Crippen LogP contribution is -2.20. The van der Waals surface area contributed by atoms with Crippen LogP contribution >= 0.6 is 15.9 Å². The molecule has 328 valence electrons. The second-order valence-corrected chi connectivity index (χ2v) is 14.8. The number of anilines is 2. The molecule has 4 aromatic carbocycles. The average Bonchev–Trinajstić information content (AvgIpc) is 4.00. The summed E-state index contributed by atoms with van der Waals surface area (Å²) in [6.07, 6.45) is 5.11. The summed E-state index contributed by atoms with van der Waals surface area (Å²) in [6.45, 7) is 3.83. The first kappa shape index (κ1) is 45.6. The number of phenols is 2. The van der Waals surface area contributed by atoms with E-state index in [-0.39, 0.29) is 22.6 Å². The van der Waals surface area contributed by atoms with Gasteiger partial charge in [0.2, 0.25) is 23.4 Å². The van der Waals surface area contributed by atoms with Crippen molar-refractivity contribution in [3.05, 3.63) is 130 Å². The Kier molecular flexibility index (Phi) is 17.3. The van der Waals surface area contributed by atoms with Crippen LogP contribution in [0.2, 0.25) is 0 Å². The van der Waals surface area contributed by atoms with E-state index in [9.17, 15) is 14.7 Å². The van der Waals surface area contributed by atoms with E-state index in [1.54, 1.807) is 60.7 Å². The van der Waals surface area contributed by atoms with Gasteiger partial charge < -0.3 is 40.9 Å². The summed E-state index contributed by atoms with van der Waals surface area (Å²) < 4.78 is 10.4. The third kappa shape index (κ3) is 13.5. The highest BCUT2D eigenvalue weighted by Gasteiger charge is 2.10. The molecule has 18 nitrogen and oxygen atoms in total. The van der Waals surface area contributed by atoms with E-state index in [2.05, 4.69) is 72.6 Å². The number of hydrogen-bond donors (Lipinski definition) is 8. The molecular weight excluding hydrogens is 872 g/mol. The van der Waals surface area contributed by atoms with Gasteiger partial charge in [-0.05, 0) is 106 Å². The van der Waals surface area contributed by atoms with Gasteiger partial charge in [-0.1, -0.05) is 62.6 Å². The zero-order valence-corrected chi connectivity index (χ0v) is 36.0. The molecular formula is C44H49BrN12O6.